The maximum absolute atomic E-state index is 11.0. The average Bonchev–Trinajstić information content (AvgIpc) is 2.04. The van der Waals surface area contributed by atoms with Gasteiger partial charge in [0.1, 0.15) is 0 Å². The molecule has 0 radical (unpaired) electrons. The van der Waals surface area contributed by atoms with E-state index in [4.69, 9.17) is 11.6 Å². The maximum atomic E-state index is 11.0. The Labute approximate surface area is 77.6 Å². The summed E-state index contributed by atoms with van der Waals surface area (Å²) in [6.45, 7) is 0. The summed E-state index contributed by atoms with van der Waals surface area (Å²) in [4.78, 5) is 0.105. The fourth-order valence-corrected chi connectivity index (χ4v) is 1.81. The molecule has 0 aliphatic heterocycles. The first-order valence-electron chi connectivity index (χ1n) is 3.60. The lowest BCUT2D eigenvalue weighted by Gasteiger charge is -2.03. The first-order valence-corrected chi connectivity index (χ1v) is 5.14. The second-order valence-corrected chi connectivity index (χ2v) is 4.06. The van der Waals surface area contributed by atoms with Gasteiger partial charge in [-0.15, -0.1) is 12.3 Å². The average molecular weight is 195 g/mol. The van der Waals surface area contributed by atoms with Gasteiger partial charge in [0.05, 0.1) is 4.90 Å². The molecule has 2 N–H and O–H groups in total. The van der Waals surface area contributed by atoms with Gasteiger partial charge in [-0.05, 0) is 11.6 Å². The van der Waals surface area contributed by atoms with Crippen LogP contribution in [0.2, 0.25) is 0 Å². The summed E-state index contributed by atoms with van der Waals surface area (Å²) < 4.78 is 22.1. The zero-order valence-corrected chi connectivity index (χ0v) is 7.71. The van der Waals surface area contributed by atoms with E-state index in [-0.39, 0.29) is 11.3 Å². The standard InChI is InChI=1S/C9H9NO2S/c1-2-5-8-6-3-4-7-9(8)13(10,11)12/h1,3-4,6-7H,5H2,(H2,10,11,12). The Morgan fingerprint density at radius 2 is 2.00 bits per heavy atom. The fraction of sp³-hybridized carbons (Fsp3) is 0.111. The van der Waals surface area contributed by atoms with E-state index in [1.54, 1.807) is 18.2 Å². The summed E-state index contributed by atoms with van der Waals surface area (Å²) in [5.41, 5.74) is 0.563. The molecule has 0 unspecified atom stereocenters. The number of terminal acetylenes is 1. The van der Waals surface area contributed by atoms with Crippen molar-refractivity contribution in [2.24, 2.45) is 5.14 Å². The molecule has 1 aromatic carbocycles. The highest BCUT2D eigenvalue weighted by atomic mass is 32.2. The lowest BCUT2D eigenvalue weighted by molar-refractivity contribution is 0.597. The first-order chi connectivity index (χ1) is 6.05. The minimum Gasteiger partial charge on any atom is -0.225 e. The van der Waals surface area contributed by atoms with Crippen LogP contribution in [0.3, 0.4) is 0 Å². The fourth-order valence-electron chi connectivity index (χ4n) is 1.04. The van der Waals surface area contributed by atoms with E-state index < -0.39 is 10.0 Å². The Balaban J connectivity index is 3.30. The minimum atomic E-state index is -3.65. The number of hydrogen-bond donors (Lipinski definition) is 1. The third-order valence-electron chi connectivity index (χ3n) is 1.57. The number of sulfonamides is 1. The van der Waals surface area contributed by atoms with Gasteiger partial charge in [0.25, 0.3) is 0 Å². The van der Waals surface area contributed by atoms with Crippen LogP contribution in [0.4, 0.5) is 0 Å². The zero-order chi connectivity index (χ0) is 9.90. The Morgan fingerprint density at radius 3 is 2.54 bits per heavy atom. The highest BCUT2D eigenvalue weighted by Crippen LogP contribution is 2.13. The predicted molar refractivity (Wildman–Crippen MR) is 50.4 cm³/mol. The minimum absolute atomic E-state index is 0.105. The van der Waals surface area contributed by atoms with Crippen LogP contribution in [0, 0.1) is 12.3 Å². The molecule has 0 aliphatic rings. The van der Waals surface area contributed by atoms with E-state index in [1.165, 1.54) is 6.07 Å². The molecule has 13 heavy (non-hydrogen) atoms. The molecule has 0 bridgehead atoms. The number of primary sulfonamides is 1. The molecule has 0 aromatic heterocycles. The first kappa shape index (κ1) is 9.78. The van der Waals surface area contributed by atoms with Crippen molar-refractivity contribution in [1.82, 2.24) is 0 Å². The van der Waals surface area contributed by atoms with Gasteiger partial charge in [0.2, 0.25) is 10.0 Å². The van der Waals surface area contributed by atoms with E-state index in [1.807, 2.05) is 0 Å². The molecule has 4 heteroatoms. The van der Waals surface area contributed by atoms with Crippen LogP contribution < -0.4 is 5.14 Å². The summed E-state index contributed by atoms with van der Waals surface area (Å²) in [6, 6.07) is 6.43. The molecule has 0 atom stereocenters. The highest BCUT2D eigenvalue weighted by molar-refractivity contribution is 7.89. The number of rotatable bonds is 2. The van der Waals surface area contributed by atoms with Crippen molar-refractivity contribution in [3.8, 4) is 12.3 Å². The van der Waals surface area contributed by atoms with Crippen molar-refractivity contribution in [3.63, 3.8) is 0 Å². The number of benzene rings is 1. The zero-order valence-electron chi connectivity index (χ0n) is 6.90. The summed E-state index contributed by atoms with van der Waals surface area (Å²) in [5, 5.41) is 4.99. The van der Waals surface area contributed by atoms with Crippen LogP contribution in [-0.4, -0.2) is 8.42 Å². The third-order valence-corrected chi connectivity index (χ3v) is 2.58. The van der Waals surface area contributed by atoms with Gasteiger partial charge in [-0.2, -0.15) is 0 Å². The van der Waals surface area contributed by atoms with Crippen molar-refractivity contribution < 1.29 is 8.42 Å². The monoisotopic (exact) mass is 195 g/mol. The van der Waals surface area contributed by atoms with Crippen LogP contribution in [-0.2, 0) is 16.4 Å². The van der Waals surface area contributed by atoms with Crippen molar-refractivity contribution in [3.05, 3.63) is 29.8 Å². The quantitative estimate of drug-likeness (QED) is 0.699. The SMILES string of the molecule is C#CCc1ccccc1S(N)(=O)=O. The van der Waals surface area contributed by atoms with Crippen LogP contribution in [0.1, 0.15) is 5.56 Å². The molecule has 0 spiro atoms. The van der Waals surface area contributed by atoms with E-state index in [0.29, 0.717) is 5.56 Å². The Hall–Kier alpha value is -1.31. The molecular weight excluding hydrogens is 186 g/mol. The molecule has 68 valence electrons. The van der Waals surface area contributed by atoms with E-state index >= 15 is 0 Å². The van der Waals surface area contributed by atoms with Crippen molar-refractivity contribution in [2.75, 3.05) is 0 Å². The Bertz CT molecular complexity index is 443. The van der Waals surface area contributed by atoms with E-state index in [2.05, 4.69) is 5.92 Å². The second kappa shape index (κ2) is 3.60. The van der Waals surface area contributed by atoms with E-state index in [9.17, 15) is 8.42 Å². The van der Waals surface area contributed by atoms with Crippen LogP contribution in [0.5, 0.6) is 0 Å². The van der Waals surface area contributed by atoms with Crippen molar-refractivity contribution in [1.29, 1.82) is 0 Å². The molecule has 0 saturated heterocycles. The predicted octanol–water partition coefficient (Wildman–Crippen LogP) is 0.510. The molecule has 0 amide bonds. The van der Waals surface area contributed by atoms with Gasteiger partial charge >= 0.3 is 0 Å². The molecular formula is C9H9NO2S. The van der Waals surface area contributed by atoms with E-state index in [0.717, 1.165) is 0 Å². The van der Waals surface area contributed by atoms with Gasteiger partial charge < -0.3 is 0 Å². The second-order valence-electron chi connectivity index (χ2n) is 2.53. The van der Waals surface area contributed by atoms with Gasteiger partial charge in [0, 0.05) is 6.42 Å². The Morgan fingerprint density at radius 1 is 1.38 bits per heavy atom. The summed E-state index contributed by atoms with van der Waals surface area (Å²) in [7, 11) is -3.65. The number of hydrogen-bond acceptors (Lipinski definition) is 2. The largest absolute Gasteiger partial charge is 0.238 e. The summed E-state index contributed by atoms with van der Waals surface area (Å²) >= 11 is 0. The third kappa shape index (κ3) is 2.31. The summed E-state index contributed by atoms with van der Waals surface area (Å²) in [6.07, 6.45) is 5.36. The summed E-state index contributed by atoms with van der Waals surface area (Å²) in [5.74, 6) is 2.38. The van der Waals surface area contributed by atoms with Crippen molar-refractivity contribution in [2.45, 2.75) is 11.3 Å². The van der Waals surface area contributed by atoms with Gasteiger partial charge in [-0.1, -0.05) is 18.2 Å². The molecule has 0 fully saturated rings. The van der Waals surface area contributed by atoms with Crippen molar-refractivity contribution >= 4 is 10.0 Å². The lowest BCUT2D eigenvalue weighted by atomic mass is 10.2. The van der Waals surface area contributed by atoms with Gasteiger partial charge in [0.15, 0.2) is 0 Å². The molecule has 1 rings (SSSR count). The molecule has 0 aliphatic carbocycles. The highest BCUT2D eigenvalue weighted by Gasteiger charge is 2.11. The van der Waals surface area contributed by atoms with Crippen LogP contribution in [0.25, 0.3) is 0 Å². The lowest BCUT2D eigenvalue weighted by Crippen LogP contribution is -2.14. The maximum Gasteiger partial charge on any atom is 0.238 e. The van der Waals surface area contributed by atoms with Crippen LogP contribution in [0.15, 0.2) is 29.2 Å². The Kier molecular flexibility index (Phi) is 2.71. The number of nitrogens with two attached hydrogens (primary N) is 1. The molecule has 1 aromatic rings. The van der Waals surface area contributed by atoms with Gasteiger partial charge in [-0.25, -0.2) is 13.6 Å². The molecule has 3 nitrogen and oxygen atoms in total. The topological polar surface area (TPSA) is 60.2 Å². The molecule has 0 saturated carbocycles. The molecule has 0 heterocycles. The van der Waals surface area contributed by atoms with Crippen LogP contribution >= 0.6 is 0 Å². The smallest absolute Gasteiger partial charge is 0.225 e. The normalized spacial score (nSPS) is 10.8. The van der Waals surface area contributed by atoms with Gasteiger partial charge in [-0.3, -0.25) is 0 Å².